The van der Waals surface area contributed by atoms with Gasteiger partial charge in [0.05, 0.1) is 11.8 Å². The van der Waals surface area contributed by atoms with Crippen LogP contribution in [-0.4, -0.2) is 37.9 Å². The molecule has 0 spiro atoms. The third kappa shape index (κ3) is 4.35. The highest BCUT2D eigenvalue weighted by Crippen LogP contribution is 2.34. The molecular formula is C21H23ClFN5O2. The van der Waals surface area contributed by atoms with Gasteiger partial charge in [-0.25, -0.2) is 14.1 Å². The molecule has 0 unspecified atom stereocenters. The number of benzene rings is 2. The second-order valence-corrected chi connectivity index (χ2v) is 7.37. The Morgan fingerprint density at radius 3 is 2.53 bits per heavy atom. The molecule has 0 bridgehead atoms. The molecule has 1 heterocycles. The molecular weight excluding hydrogens is 409 g/mol. The number of nitrogens with zero attached hydrogens (tertiary/aromatic N) is 3. The van der Waals surface area contributed by atoms with Crippen LogP contribution in [0.1, 0.15) is 41.4 Å². The van der Waals surface area contributed by atoms with E-state index in [0.717, 1.165) is 6.42 Å². The normalized spacial score (nSPS) is 21.1. The van der Waals surface area contributed by atoms with Crippen molar-refractivity contribution in [3.8, 4) is 17.1 Å². The lowest BCUT2D eigenvalue weighted by Gasteiger charge is -2.30. The fourth-order valence-corrected chi connectivity index (χ4v) is 3.70. The van der Waals surface area contributed by atoms with Crippen molar-refractivity contribution < 1.29 is 14.3 Å². The number of hydrogen-bond donors (Lipinski definition) is 3. The second-order valence-electron chi connectivity index (χ2n) is 7.37. The van der Waals surface area contributed by atoms with E-state index in [4.69, 9.17) is 16.5 Å². The number of aromatic nitrogens is 3. The molecule has 1 fully saturated rings. The van der Waals surface area contributed by atoms with Gasteiger partial charge in [0.15, 0.2) is 5.82 Å². The summed E-state index contributed by atoms with van der Waals surface area (Å²) in [4.78, 5) is 16.0. The highest BCUT2D eigenvalue weighted by Gasteiger charge is 2.31. The van der Waals surface area contributed by atoms with Gasteiger partial charge in [-0.3, -0.25) is 4.79 Å². The number of halogens is 2. The van der Waals surface area contributed by atoms with E-state index in [9.17, 15) is 14.3 Å². The first-order valence-corrected chi connectivity index (χ1v) is 9.49. The molecule has 3 aromatic rings. The maximum absolute atomic E-state index is 13.8. The summed E-state index contributed by atoms with van der Waals surface area (Å²) in [5, 5.41) is 14.8. The number of hydrogen-bond acceptors (Lipinski definition) is 5. The smallest absolute Gasteiger partial charge is 0.248 e. The van der Waals surface area contributed by atoms with Crippen LogP contribution < -0.4 is 11.5 Å². The molecule has 3 atom stereocenters. The minimum absolute atomic E-state index is 0. The Labute approximate surface area is 179 Å². The number of amides is 1. The Balaban J connectivity index is 0.00000256. The summed E-state index contributed by atoms with van der Waals surface area (Å²) in [6, 6.07) is 12.6. The number of rotatable bonds is 4. The van der Waals surface area contributed by atoms with Crippen molar-refractivity contribution in [3.05, 3.63) is 65.7 Å². The first-order valence-electron chi connectivity index (χ1n) is 9.49. The monoisotopic (exact) mass is 431 g/mol. The number of carbonyl (C=O) groups excluding carboxylic acids is 1. The number of aliphatic hydroxyl groups excluding tert-OH is 1. The Morgan fingerprint density at radius 2 is 1.90 bits per heavy atom. The molecule has 1 amide bonds. The molecule has 1 saturated carbocycles. The molecule has 4 rings (SSSR count). The fraction of sp³-hybridized carbons (Fsp3) is 0.286. The fourth-order valence-electron chi connectivity index (χ4n) is 3.70. The van der Waals surface area contributed by atoms with Gasteiger partial charge in [0.2, 0.25) is 5.91 Å². The Hall–Kier alpha value is -2.81. The largest absolute Gasteiger partial charge is 0.391 e. The molecule has 2 aromatic carbocycles. The zero-order valence-corrected chi connectivity index (χ0v) is 16.9. The second kappa shape index (κ2) is 8.91. The Morgan fingerprint density at radius 1 is 1.17 bits per heavy atom. The van der Waals surface area contributed by atoms with Gasteiger partial charge in [-0.2, -0.15) is 0 Å². The van der Waals surface area contributed by atoms with Gasteiger partial charge >= 0.3 is 0 Å². The molecule has 158 valence electrons. The summed E-state index contributed by atoms with van der Waals surface area (Å²) in [6.45, 7) is 0. The molecule has 0 saturated heterocycles. The molecule has 9 heteroatoms. The van der Waals surface area contributed by atoms with Crippen molar-refractivity contribution in [2.75, 3.05) is 0 Å². The van der Waals surface area contributed by atoms with Crippen molar-refractivity contribution in [1.29, 1.82) is 0 Å². The van der Waals surface area contributed by atoms with Gasteiger partial charge in [0.1, 0.15) is 11.6 Å². The van der Waals surface area contributed by atoms with Crippen molar-refractivity contribution in [1.82, 2.24) is 14.8 Å². The maximum Gasteiger partial charge on any atom is 0.248 e. The highest BCUT2D eigenvalue weighted by molar-refractivity contribution is 5.93. The summed E-state index contributed by atoms with van der Waals surface area (Å²) in [5.74, 6) is 0.157. The summed E-state index contributed by atoms with van der Waals surface area (Å²) in [7, 11) is 0. The van der Waals surface area contributed by atoms with Gasteiger partial charge in [-0.05, 0) is 49.6 Å². The molecule has 7 nitrogen and oxygen atoms in total. The molecule has 30 heavy (non-hydrogen) atoms. The lowest BCUT2D eigenvalue weighted by molar-refractivity contribution is 0.0961. The first-order chi connectivity index (χ1) is 13.9. The van der Waals surface area contributed by atoms with Crippen molar-refractivity contribution >= 4 is 18.3 Å². The summed E-state index contributed by atoms with van der Waals surface area (Å²) in [6.07, 6.45) is 1.27. The van der Waals surface area contributed by atoms with Crippen LogP contribution in [0.5, 0.6) is 0 Å². The molecule has 0 aliphatic heterocycles. The van der Waals surface area contributed by atoms with E-state index in [1.165, 1.54) is 12.1 Å². The SMILES string of the molecule is Cl.NC(=O)c1ccc(-c2nc([C@H]3CC[C@@H](N)[C@H](O)C3)n(-c3cccc(F)c3)n2)cc1. The van der Waals surface area contributed by atoms with Crippen LogP contribution in [0.25, 0.3) is 17.1 Å². The van der Waals surface area contributed by atoms with E-state index >= 15 is 0 Å². The standard InChI is InChI=1S/C21H22FN5O2.ClH/c22-15-2-1-3-16(11-15)27-21(14-8-9-17(23)18(28)10-14)25-20(26-27)13-6-4-12(5-7-13)19(24)29;/h1-7,11,14,17-18,28H,8-10,23H2,(H2,24,29);1H/t14-,17+,18+;/m0./s1. The topological polar surface area (TPSA) is 120 Å². The van der Waals surface area contributed by atoms with Crippen LogP contribution >= 0.6 is 12.4 Å². The van der Waals surface area contributed by atoms with Crippen LogP contribution in [0, 0.1) is 5.82 Å². The van der Waals surface area contributed by atoms with Gasteiger partial charge in [0, 0.05) is 23.1 Å². The Kier molecular flexibility index (Phi) is 6.50. The quantitative estimate of drug-likeness (QED) is 0.586. The molecule has 0 radical (unpaired) electrons. The minimum Gasteiger partial charge on any atom is -0.391 e. The van der Waals surface area contributed by atoms with Gasteiger partial charge in [0.25, 0.3) is 0 Å². The average Bonchev–Trinajstić information content (AvgIpc) is 3.15. The highest BCUT2D eigenvalue weighted by atomic mass is 35.5. The minimum atomic E-state index is -0.621. The van der Waals surface area contributed by atoms with E-state index in [-0.39, 0.29) is 30.2 Å². The molecule has 1 aromatic heterocycles. The van der Waals surface area contributed by atoms with E-state index in [0.29, 0.717) is 41.3 Å². The van der Waals surface area contributed by atoms with E-state index in [2.05, 4.69) is 5.10 Å². The summed E-state index contributed by atoms with van der Waals surface area (Å²) >= 11 is 0. The average molecular weight is 432 g/mol. The third-order valence-corrected chi connectivity index (χ3v) is 5.35. The van der Waals surface area contributed by atoms with Crippen LogP contribution in [0.3, 0.4) is 0 Å². The molecule has 1 aliphatic carbocycles. The Bertz CT molecular complexity index is 1040. The van der Waals surface area contributed by atoms with E-state index < -0.39 is 12.0 Å². The van der Waals surface area contributed by atoms with E-state index in [1.54, 1.807) is 41.1 Å². The van der Waals surface area contributed by atoms with E-state index in [1.807, 2.05) is 0 Å². The predicted molar refractivity (Wildman–Crippen MR) is 113 cm³/mol. The number of carbonyl (C=O) groups is 1. The van der Waals surface area contributed by atoms with Gasteiger partial charge < -0.3 is 16.6 Å². The number of aliphatic hydroxyl groups is 1. The summed E-state index contributed by atoms with van der Waals surface area (Å²) < 4.78 is 15.4. The van der Waals surface area contributed by atoms with Crippen LogP contribution in [0.4, 0.5) is 4.39 Å². The zero-order chi connectivity index (χ0) is 20.5. The van der Waals surface area contributed by atoms with Crippen molar-refractivity contribution in [2.45, 2.75) is 37.3 Å². The number of nitrogens with two attached hydrogens (primary N) is 2. The zero-order valence-electron chi connectivity index (χ0n) is 16.1. The number of primary amides is 1. The molecule has 5 N–H and O–H groups in total. The first kappa shape index (κ1) is 21.9. The lowest BCUT2D eigenvalue weighted by atomic mass is 9.84. The van der Waals surface area contributed by atoms with Gasteiger partial charge in [-0.15, -0.1) is 17.5 Å². The summed E-state index contributed by atoms with van der Waals surface area (Å²) in [5.41, 5.74) is 12.9. The lowest BCUT2D eigenvalue weighted by Crippen LogP contribution is -2.40. The molecule has 1 aliphatic rings. The van der Waals surface area contributed by atoms with Crippen molar-refractivity contribution in [3.63, 3.8) is 0 Å². The van der Waals surface area contributed by atoms with Crippen molar-refractivity contribution in [2.24, 2.45) is 11.5 Å². The van der Waals surface area contributed by atoms with Crippen LogP contribution in [-0.2, 0) is 0 Å². The van der Waals surface area contributed by atoms with Gasteiger partial charge in [-0.1, -0.05) is 18.2 Å². The predicted octanol–water partition coefficient (Wildman–Crippen LogP) is 2.55. The third-order valence-electron chi connectivity index (χ3n) is 5.35. The maximum atomic E-state index is 13.8. The van der Waals surface area contributed by atoms with Crippen LogP contribution in [0.15, 0.2) is 48.5 Å². The van der Waals surface area contributed by atoms with Crippen LogP contribution in [0.2, 0.25) is 0 Å².